The van der Waals surface area contributed by atoms with Gasteiger partial charge in [-0.2, -0.15) is 0 Å². The van der Waals surface area contributed by atoms with Crippen molar-refractivity contribution < 1.29 is 0 Å². The minimum atomic E-state index is 0.885. The topological polar surface area (TPSA) is 18.5 Å². The van der Waals surface area contributed by atoms with Crippen molar-refractivity contribution >= 4 is 31.9 Å². The number of nitrogens with one attached hydrogen (secondary N) is 1. The van der Waals surface area contributed by atoms with Crippen LogP contribution in [0.1, 0.15) is 5.56 Å². The summed E-state index contributed by atoms with van der Waals surface area (Å²) in [6, 6.07) is 6.36. The maximum absolute atomic E-state index is 3.52. The van der Waals surface area contributed by atoms with Crippen LogP contribution in [0.2, 0.25) is 0 Å². The molecule has 0 aromatic heterocycles. The highest BCUT2D eigenvalue weighted by atomic mass is 79.9. The number of hydrogen-bond acceptors (Lipinski definition) is 3. The summed E-state index contributed by atoms with van der Waals surface area (Å²) in [4.78, 5) is 2.36. The third-order valence-electron chi connectivity index (χ3n) is 2.99. The normalized spacial score (nSPS) is 18.5. The van der Waals surface area contributed by atoms with Gasteiger partial charge in [-0.1, -0.05) is 6.07 Å². The molecule has 1 N–H and O–H groups in total. The van der Waals surface area contributed by atoms with E-state index in [1.807, 2.05) is 0 Å². The first-order chi connectivity index (χ1) is 8.15. The van der Waals surface area contributed by atoms with E-state index in [1.54, 1.807) is 0 Å². The molecule has 1 aromatic carbocycles. The molecule has 2 rings (SSSR count). The average molecular weight is 363 g/mol. The van der Waals surface area contributed by atoms with Gasteiger partial charge in [0.05, 0.1) is 0 Å². The van der Waals surface area contributed by atoms with Crippen molar-refractivity contribution in [3.63, 3.8) is 0 Å². The van der Waals surface area contributed by atoms with Crippen molar-refractivity contribution in [3.05, 3.63) is 32.7 Å². The fourth-order valence-electron chi connectivity index (χ4n) is 1.82. The Morgan fingerprint density at radius 3 is 2.47 bits per heavy atom. The summed E-state index contributed by atoms with van der Waals surface area (Å²) in [6.07, 6.45) is 0. The number of hydrogen-bond donors (Lipinski definition) is 1. The van der Waals surface area contributed by atoms with Crippen molar-refractivity contribution in [3.8, 4) is 0 Å². The maximum atomic E-state index is 3.52. The summed E-state index contributed by atoms with van der Waals surface area (Å²) >= 11 is 7.01. The summed E-state index contributed by atoms with van der Waals surface area (Å²) < 4.78 is 2.20. The van der Waals surface area contributed by atoms with Gasteiger partial charge in [0.15, 0.2) is 0 Å². The van der Waals surface area contributed by atoms with Gasteiger partial charge in [0.1, 0.15) is 0 Å². The fraction of sp³-hybridized carbons (Fsp3) is 0.500. The Balaban J connectivity index is 1.83. The van der Waals surface area contributed by atoms with E-state index in [0.29, 0.717) is 0 Å². The average Bonchev–Trinajstić information content (AvgIpc) is 2.33. The quantitative estimate of drug-likeness (QED) is 0.891. The third kappa shape index (κ3) is 4.03. The van der Waals surface area contributed by atoms with E-state index in [2.05, 4.69) is 72.4 Å². The first kappa shape index (κ1) is 13.5. The van der Waals surface area contributed by atoms with Gasteiger partial charge < -0.3 is 4.90 Å². The van der Waals surface area contributed by atoms with Crippen molar-refractivity contribution in [2.45, 2.75) is 6.54 Å². The van der Waals surface area contributed by atoms with Crippen molar-refractivity contribution in [1.29, 1.82) is 0 Å². The van der Waals surface area contributed by atoms with E-state index < -0.39 is 0 Å². The largest absolute Gasteiger partial charge is 0.304 e. The second-order valence-electron chi connectivity index (χ2n) is 4.37. The molecule has 1 aromatic rings. The van der Waals surface area contributed by atoms with Crippen LogP contribution in [-0.2, 0) is 6.54 Å². The molecule has 1 fully saturated rings. The molecule has 1 saturated heterocycles. The second-order valence-corrected chi connectivity index (χ2v) is 6.08. The number of benzene rings is 1. The van der Waals surface area contributed by atoms with E-state index in [1.165, 1.54) is 5.56 Å². The molecular formula is C12H17Br2N3. The van der Waals surface area contributed by atoms with Crippen LogP contribution in [0.4, 0.5) is 0 Å². The van der Waals surface area contributed by atoms with Crippen LogP contribution in [0.5, 0.6) is 0 Å². The minimum Gasteiger partial charge on any atom is -0.304 e. The molecule has 0 saturated carbocycles. The highest BCUT2D eigenvalue weighted by molar-refractivity contribution is 9.13. The van der Waals surface area contributed by atoms with Crippen molar-refractivity contribution in [1.82, 2.24) is 15.3 Å². The van der Waals surface area contributed by atoms with Gasteiger partial charge in [-0.15, -0.1) is 0 Å². The highest BCUT2D eigenvalue weighted by Gasteiger charge is 2.12. The Labute approximate surface area is 119 Å². The van der Waals surface area contributed by atoms with Crippen LogP contribution in [0.15, 0.2) is 27.1 Å². The van der Waals surface area contributed by atoms with Crippen molar-refractivity contribution in [2.24, 2.45) is 0 Å². The van der Waals surface area contributed by atoms with Gasteiger partial charge in [-0.3, -0.25) is 5.43 Å². The zero-order valence-electron chi connectivity index (χ0n) is 9.92. The summed E-state index contributed by atoms with van der Waals surface area (Å²) in [5.74, 6) is 0. The Morgan fingerprint density at radius 2 is 1.82 bits per heavy atom. The van der Waals surface area contributed by atoms with Gasteiger partial charge in [0.2, 0.25) is 0 Å². The lowest BCUT2D eigenvalue weighted by atomic mass is 10.2. The first-order valence-corrected chi connectivity index (χ1v) is 7.34. The van der Waals surface area contributed by atoms with Crippen LogP contribution in [0.3, 0.4) is 0 Å². The second kappa shape index (κ2) is 6.29. The molecule has 0 amide bonds. The highest BCUT2D eigenvalue weighted by Crippen LogP contribution is 2.23. The monoisotopic (exact) mass is 361 g/mol. The lowest BCUT2D eigenvalue weighted by molar-refractivity contribution is 0.102. The number of hydrazine groups is 1. The van der Waals surface area contributed by atoms with E-state index in [4.69, 9.17) is 0 Å². The molecule has 5 heteroatoms. The smallest absolute Gasteiger partial charge is 0.0353 e. The Bertz CT molecular complexity index is 376. The van der Waals surface area contributed by atoms with Crippen LogP contribution < -0.4 is 5.43 Å². The Morgan fingerprint density at radius 1 is 1.12 bits per heavy atom. The zero-order chi connectivity index (χ0) is 12.3. The molecule has 0 spiro atoms. The van der Waals surface area contributed by atoms with Crippen LogP contribution in [-0.4, -0.2) is 43.1 Å². The predicted molar refractivity (Wildman–Crippen MR) is 77.8 cm³/mol. The molecule has 1 aliphatic heterocycles. The van der Waals surface area contributed by atoms with Crippen LogP contribution >= 0.6 is 31.9 Å². The van der Waals surface area contributed by atoms with Gasteiger partial charge in [-0.05, 0) is 56.6 Å². The summed E-state index contributed by atoms with van der Waals surface area (Å²) in [6.45, 7) is 5.34. The number of piperazine rings is 1. The lowest BCUT2D eigenvalue weighted by Crippen LogP contribution is -2.50. The SMILES string of the molecule is CN1CCN(NCc2ccc(Br)c(Br)c2)CC1. The van der Waals surface area contributed by atoms with Crippen LogP contribution in [0, 0.1) is 0 Å². The minimum absolute atomic E-state index is 0.885. The summed E-state index contributed by atoms with van der Waals surface area (Å²) in [5, 5.41) is 2.30. The zero-order valence-corrected chi connectivity index (χ0v) is 13.1. The van der Waals surface area contributed by atoms with E-state index in [-0.39, 0.29) is 0 Å². The lowest BCUT2D eigenvalue weighted by Gasteiger charge is -2.32. The van der Waals surface area contributed by atoms with E-state index in [9.17, 15) is 0 Å². The van der Waals surface area contributed by atoms with Gasteiger partial charge in [0, 0.05) is 41.7 Å². The fourth-order valence-corrected chi connectivity index (χ4v) is 2.49. The third-order valence-corrected chi connectivity index (χ3v) is 4.87. The van der Waals surface area contributed by atoms with Crippen molar-refractivity contribution in [2.75, 3.05) is 33.2 Å². The molecule has 94 valence electrons. The number of halogens is 2. The van der Waals surface area contributed by atoms with Crippen LogP contribution in [0.25, 0.3) is 0 Å². The summed E-state index contributed by atoms with van der Waals surface area (Å²) in [7, 11) is 2.17. The number of nitrogens with zero attached hydrogens (tertiary/aromatic N) is 2. The van der Waals surface area contributed by atoms with E-state index in [0.717, 1.165) is 41.7 Å². The molecule has 1 heterocycles. The molecule has 1 aliphatic rings. The standard InChI is InChI=1S/C12H17Br2N3/c1-16-4-6-17(7-5-16)15-9-10-2-3-11(13)12(14)8-10/h2-3,8,15H,4-7,9H2,1H3. The molecule has 3 nitrogen and oxygen atoms in total. The Hall–Kier alpha value is 0.0600. The molecular weight excluding hydrogens is 346 g/mol. The van der Waals surface area contributed by atoms with E-state index >= 15 is 0 Å². The molecule has 0 radical (unpaired) electrons. The summed E-state index contributed by atoms with van der Waals surface area (Å²) in [5.41, 5.74) is 4.77. The molecule has 0 unspecified atom stereocenters. The first-order valence-electron chi connectivity index (χ1n) is 5.76. The molecule has 0 bridgehead atoms. The molecule has 0 aliphatic carbocycles. The van der Waals surface area contributed by atoms with Gasteiger partial charge in [0.25, 0.3) is 0 Å². The van der Waals surface area contributed by atoms with Gasteiger partial charge >= 0.3 is 0 Å². The predicted octanol–water partition coefficient (Wildman–Crippen LogP) is 2.46. The number of likely N-dealkylation sites (N-methyl/N-ethyl adjacent to an activating group) is 1. The molecule has 0 atom stereocenters. The molecule has 17 heavy (non-hydrogen) atoms. The number of rotatable bonds is 3. The maximum Gasteiger partial charge on any atom is 0.0353 e. The Kier molecular flexibility index (Phi) is 4.99. The van der Waals surface area contributed by atoms with Gasteiger partial charge in [-0.25, -0.2) is 5.01 Å².